The predicted octanol–water partition coefficient (Wildman–Crippen LogP) is 3.67. The topological polar surface area (TPSA) is 59.5 Å². The summed E-state index contributed by atoms with van der Waals surface area (Å²) in [5.74, 6) is -0.479. The van der Waals surface area contributed by atoms with Gasteiger partial charge in [0, 0.05) is 24.2 Å². The van der Waals surface area contributed by atoms with E-state index in [-0.39, 0.29) is 12.5 Å². The first-order chi connectivity index (χ1) is 13.2. The maximum Gasteiger partial charge on any atom is 0.339 e. The van der Waals surface area contributed by atoms with Crippen molar-refractivity contribution in [2.45, 2.75) is 51.4 Å². The average Bonchev–Trinajstić information content (AvgIpc) is 2.99. The van der Waals surface area contributed by atoms with Crippen LogP contribution in [0.4, 0.5) is 0 Å². The molecule has 27 heavy (non-hydrogen) atoms. The molecule has 5 nitrogen and oxygen atoms in total. The van der Waals surface area contributed by atoms with Crippen LogP contribution in [0.1, 0.15) is 60.1 Å². The number of benzene rings is 1. The molecule has 0 unspecified atom stereocenters. The van der Waals surface area contributed by atoms with Gasteiger partial charge in [-0.1, -0.05) is 31.0 Å². The number of nitrogens with zero attached hydrogens (tertiary/aromatic N) is 2. The molecule has 142 valence electrons. The number of fused-ring (bicyclic) bond motifs is 2. The molecular formula is C22H26N2O3. The Morgan fingerprint density at radius 2 is 1.70 bits per heavy atom. The first-order valence-electron chi connectivity index (χ1n) is 10.1. The average molecular weight is 366 g/mol. The molecule has 0 N–H and O–H groups in total. The number of esters is 1. The van der Waals surface area contributed by atoms with E-state index < -0.39 is 5.97 Å². The highest BCUT2D eigenvalue weighted by Gasteiger charge is 2.25. The van der Waals surface area contributed by atoms with Gasteiger partial charge < -0.3 is 9.64 Å². The monoisotopic (exact) mass is 366 g/mol. The second-order valence-electron chi connectivity index (χ2n) is 7.51. The summed E-state index contributed by atoms with van der Waals surface area (Å²) in [6, 6.07) is 7.70. The molecule has 1 aromatic carbocycles. The molecule has 0 bridgehead atoms. The summed E-state index contributed by atoms with van der Waals surface area (Å²) in [5, 5.41) is 0.824. The minimum Gasteiger partial charge on any atom is -0.452 e. The summed E-state index contributed by atoms with van der Waals surface area (Å²) in [4.78, 5) is 32.0. The van der Waals surface area contributed by atoms with E-state index in [1.54, 1.807) is 0 Å². The summed E-state index contributed by atoms with van der Waals surface area (Å²) in [6.07, 6.45) is 8.28. The Hall–Kier alpha value is -2.43. The van der Waals surface area contributed by atoms with Gasteiger partial charge in [-0.3, -0.25) is 9.78 Å². The van der Waals surface area contributed by atoms with Crippen LogP contribution < -0.4 is 0 Å². The van der Waals surface area contributed by atoms with Gasteiger partial charge in [0.2, 0.25) is 0 Å². The van der Waals surface area contributed by atoms with E-state index in [9.17, 15) is 9.59 Å². The second kappa shape index (κ2) is 8.07. The van der Waals surface area contributed by atoms with Gasteiger partial charge >= 0.3 is 5.97 Å². The van der Waals surface area contributed by atoms with Crippen molar-refractivity contribution < 1.29 is 14.3 Å². The molecule has 5 heteroatoms. The van der Waals surface area contributed by atoms with Gasteiger partial charge in [0.1, 0.15) is 0 Å². The van der Waals surface area contributed by atoms with Gasteiger partial charge in [-0.25, -0.2) is 4.79 Å². The molecule has 0 radical (unpaired) electrons. The molecule has 0 saturated carbocycles. The number of aryl methyl sites for hydroxylation is 1. The van der Waals surface area contributed by atoms with Gasteiger partial charge in [0.25, 0.3) is 5.91 Å². The maximum absolute atomic E-state index is 13.0. The highest BCUT2D eigenvalue weighted by atomic mass is 16.5. The Morgan fingerprint density at radius 1 is 0.963 bits per heavy atom. The number of para-hydroxylation sites is 1. The quantitative estimate of drug-likeness (QED) is 0.778. The number of pyridine rings is 1. The van der Waals surface area contributed by atoms with Crippen molar-refractivity contribution in [3.63, 3.8) is 0 Å². The summed E-state index contributed by atoms with van der Waals surface area (Å²) < 4.78 is 5.50. The lowest BCUT2D eigenvalue weighted by atomic mass is 9.90. The number of ether oxygens (including phenoxy) is 1. The first-order valence-corrected chi connectivity index (χ1v) is 10.1. The van der Waals surface area contributed by atoms with Gasteiger partial charge in [-0.15, -0.1) is 0 Å². The van der Waals surface area contributed by atoms with Crippen LogP contribution in [0.15, 0.2) is 24.3 Å². The van der Waals surface area contributed by atoms with Gasteiger partial charge in [0.15, 0.2) is 6.61 Å². The zero-order valence-electron chi connectivity index (χ0n) is 15.7. The molecule has 1 fully saturated rings. The number of carbonyl (C=O) groups excluding carboxylic acids is 2. The Labute approximate surface area is 159 Å². The molecule has 2 aliphatic rings. The summed E-state index contributed by atoms with van der Waals surface area (Å²) >= 11 is 0. The number of likely N-dealkylation sites (tertiary alicyclic amines) is 1. The smallest absolute Gasteiger partial charge is 0.339 e. The molecule has 2 heterocycles. The summed E-state index contributed by atoms with van der Waals surface area (Å²) in [5.41, 5.74) is 3.45. The van der Waals surface area contributed by atoms with E-state index in [0.29, 0.717) is 5.56 Å². The minimum absolute atomic E-state index is 0.0857. The number of amides is 1. The number of aromatic nitrogens is 1. The predicted molar refractivity (Wildman–Crippen MR) is 104 cm³/mol. The van der Waals surface area contributed by atoms with Crippen LogP contribution in [-0.2, 0) is 22.4 Å². The maximum atomic E-state index is 13.0. The minimum atomic E-state index is -0.394. The van der Waals surface area contributed by atoms with Crippen LogP contribution in [0.3, 0.4) is 0 Å². The fourth-order valence-corrected chi connectivity index (χ4v) is 4.22. The lowest BCUT2D eigenvalue weighted by Gasteiger charge is -2.22. The van der Waals surface area contributed by atoms with Crippen molar-refractivity contribution in [3.05, 3.63) is 41.1 Å². The van der Waals surface area contributed by atoms with E-state index in [1.807, 2.05) is 29.2 Å². The highest BCUT2D eigenvalue weighted by molar-refractivity contribution is 6.05. The molecule has 4 rings (SSSR count). The van der Waals surface area contributed by atoms with Crippen LogP contribution in [0.25, 0.3) is 10.9 Å². The Balaban J connectivity index is 1.56. The number of hydrogen-bond donors (Lipinski definition) is 0. The normalized spacial score (nSPS) is 17.3. The first kappa shape index (κ1) is 18.0. The molecule has 0 atom stereocenters. The highest BCUT2D eigenvalue weighted by Crippen LogP contribution is 2.29. The third kappa shape index (κ3) is 3.82. The van der Waals surface area contributed by atoms with Gasteiger partial charge in [-0.05, 0) is 50.2 Å². The largest absolute Gasteiger partial charge is 0.452 e. The summed E-state index contributed by atoms with van der Waals surface area (Å²) in [6.45, 7) is 1.36. The second-order valence-corrected chi connectivity index (χ2v) is 7.51. The third-order valence-electron chi connectivity index (χ3n) is 5.66. The lowest BCUT2D eigenvalue weighted by molar-refractivity contribution is -0.134. The van der Waals surface area contributed by atoms with Crippen molar-refractivity contribution in [1.82, 2.24) is 9.88 Å². The lowest BCUT2D eigenvalue weighted by Crippen LogP contribution is -2.35. The van der Waals surface area contributed by atoms with Crippen LogP contribution in [-0.4, -0.2) is 41.5 Å². The summed E-state index contributed by atoms with van der Waals surface area (Å²) in [7, 11) is 0. The molecule has 1 amide bonds. The molecule has 1 saturated heterocycles. The molecule has 2 aromatic rings. The third-order valence-corrected chi connectivity index (χ3v) is 5.66. The Bertz CT molecular complexity index is 854. The molecule has 0 spiro atoms. The van der Waals surface area contributed by atoms with E-state index in [1.165, 1.54) is 12.8 Å². The molecule has 1 aliphatic carbocycles. The standard InChI is InChI=1S/C22H26N2O3/c25-20(24-13-7-1-2-8-14-24)15-27-22(26)21-16-9-3-5-11-18(16)23-19-12-6-4-10-17(19)21/h3,5,9,11H,1-2,4,6-8,10,12-15H2. The number of hydrogen-bond acceptors (Lipinski definition) is 4. The van der Waals surface area contributed by atoms with E-state index in [4.69, 9.17) is 9.72 Å². The molecule has 1 aliphatic heterocycles. The number of rotatable bonds is 3. The molecular weight excluding hydrogens is 340 g/mol. The zero-order chi connectivity index (χ0) is 18.6. The number of carbonyl (C=O) groups is 2. The Morgan fingerprint density at radius 3 is 2.52 bits per heavy atom. The van der Waals surface area contributed by atoms with E-state index in [2.05, 4.69) is 0 Å². The fourth-order valence-electron chi connectivity index (χ4n) is 4.22. The van der Waals surface area contributed by atoms with E-state index in [0.717, 1.165) is 73.8 Å². The fraction of sp³-hybridized carbons (Fsp3) is 0.500. The molecule has 1 aromatic heterocycles. The SMILES string of the molecule is O=C(OCC(=O)N1CCCCCC1)c1c2c(nc3ccccc13)CCCC2. The van der Waals surface area contributed by atoms with Crippen molar-refractivity contribution >= 4 is 22.8 Å². The van der Waals surface area contributed by atoms with Crippen molar-refractivity contribution in [2.24, 2.45) is 0 Å². The van der Waals surface area contributed by atoms with Gasteiger partial charge in [-0.2, -0.15) is 0 Å². The van der Waals surface area contributed by atoms with Gasteiger partial charge in [0.05, 0.1) is 11.1 Å². The van der Waals surface area contributed by atoms with Crippen LogP contribution >= 0.6 is 0 Å². The zero-order valence-corrected chi connectivity index (χ0v) is 15.7. The van der Waals surface area contributed by atoms with Crippen LogP contribution in [0.2, 0.25) is 0 Å². The van der Waals surface area contributed by atoms with Crippen LogP contribution in [0.5, 0.6) is 0 Å². The van der Waals surface area contributed by atoms with Crippen molar-refractivity contribution in [3.8, 4) is 0 Å². The Kier molecular flexibility index (Phi) is 5.37. The van der Waals surface area contributed by atoms with Crippen molar-refractivity contribution in [1.29, 1.82) is 0 Å². The van der Waals surface area contributed by atoms with E-state index >= 15 is 0 Å². The van der Waals surface area contributed by atoms with Crippen molar-refractivity contribution in [2.75, 3.05) is 19.7 Å². The van der Waals surface area contributed by atoms with Crippen LogP contribution in [0, 0.1) is 0 Å².